The fourth-order valence-electron chi connectivity index (χ4n) is 2.59. The molecule has 1 amide bonds. The first-order valence-electron chi connectivity index (χ1n) is 8.73. The van der Waals surface area contributed by atoms with Crippen molar-refractivity contribution in [2.45, 2.75) is 20.3 Å². The zero-order chi connectivity index (χ0) is 19.2. The molecule has 6 heteroatoms. The number of nitrogens with one attached hydrogen (secondary N) is 2. The molecule has 0 spiro atoms. The predicted octanol–water partition coefficient (Wildman–Crippen LogP) is 4.35. The molecule has 0 aliphatic carbocycles. The van der Waals surface area contributed by atoms with Crippen LogP contribution in [0.5, 0.6) is 5.75 Å². The highest BCUT2D eigenvalue weighted by Gasteiger charge is 2.10. The van der Waals surface area contributed by atoms with Crippen LogP contribution in [0, 0.1) is 6.92 Å². The normalized spacial score (nSPS) is 10.3. The average Bonchev–Trinajstić information content (AvgIpc) is 2.69. The Bertz CT molecular complexity index is 922. The van der Waals surface area contributed by atoms with Crippen LogP contribution in [0.3, 0.4) is 0 Å². The van der Waals surface area contributed by atoms with Gasteiger partial charge in [-0.05, 0) is 48.7 Å². The molecule has 0 radical (unpaired) electrons. The molecular formula is C21H22N4O2. The SMILES string of the molecule is CCc1ccc(NC(=O)c2cnc(Nc3cc(C)ccc3OC)cn2)cc1. The molecule has 3 aromatic rings. The molecule has 1 heterocycles. The Labute approximate surface area is 158 Å². The molecule has 0 saturated carbocycles. The largest absolute Gasteiger partial charge is 0.495 e. The number of rotatable bonds is 6. The average molecular weight is 362 g/mol. The lowest BCUT2D eigenvalue weighted by Gasteiger charge is -2.11. The summed E-state index contributed by atoms with van der Waals surface area (Å²) in [5.74, 6) is 0.939. The molecule has 0 bridgehead atoms. The molecular weight excluding hydrogens is 340 g/mol. The van der Waals surface area contributed by atoms with Crippen molar-refractivity contribution in [2.24, 2.45) is 0 Å². The van der Waals surface area contributed by atoms with Gasteiger partial charge in [-0.25, -0.2) is 9.97 Å². The van der Waals surface area contributed by atoms with Gasteiger partial charge >= 0.3 is 0 Å². The van der Waals surface area contributed by atoms with E-state index in [1.54, 1.807) is 7.11 Å². The highest BCUT2D eigenvalue weighted by molar-refractivity contribution is 6.02. The first-order valence-corrected chi connectivity index (χ1v) is 8.73. The van der Waals surface area contributed by atoms with Gasteiger partial charge in [0.2, 0.25) is 0 Å². The summed E-state index contributed by atoms with van der Waals surface area (Å²) in [5, 5.41) is 5.98. The number of carbonyl (C=O) groups excluding carboxylic acids is 1. The molecule has 0 unspecified atom stereocenters. The molecule has 0 aliphatic rings. The minimum atomic E-state index is -0.300. The van der Waals surface area contributed by atoms with Crippen LogP contribution in [0.25, 0.3) is 0 Å². The Balaban J connectivity index is 1.69. The standard InChI is InChI=1S/C21H22N4O2/c1-4-15-6-8-16(9-7-15)24-21(26)18-12-23-20(13-22-18)25-17-11-14(2)5-10-19(17)27-3/h5-13H,4H2,1-3H3,(H,23,25)(H,24,26). The topological polar surface area (TPSA) is 76.1 Å². The van der Waals surface area contributed by atoms with E-state index in [0.29, 0.717) is 11.6 Å². The molecule has 2 N–H and O–H groups in total. The van der Waals surface area contributed by atoms with Gasteiger partial charge in [-0.3, -0.25) is 4.79 Å². The van der Waals surface area contributed by atoms with Crippen molar-refractivity contribution in [1.82, 2.24) is 9.97 Å². The smallest absolute Gasteiger partial charge is 0.275 e. The second kappa shape index (κ2) is 8.31. The van der Waals surface area contributed by atoms with Crippen LogP contribution in [0.15, 0.2) is 54.9 Å². The summed E-state index contributed by atoms with van der Waals surface area (Å²) in [6.45, 7) is 4.09. The number of aryl methyl sites for hydroxylation is 2. The van der Waals surface area contributed by atoms with Crippen molar-refractivity contribution in [3.8, 4) is 5.75 Å². The Morgan fingerprint density at radius 1 is 1.07 bits per heavy atom. The van der Waals surface area contributed by atoms with Crippen molar-refractivity contribution in [3.63, 3.8) is 0 Å². The zero-order valence-corrected chi connectivity index (χ0v) is 15.6. The first-order chi connectivity index (χ1) is 13.1. The Morgan fingerprint density at radius 2 is 1.85 bits per heavy atom. The quantitative estimate of drug-likeness (QED) is 0.682. The number of amides is 1. The van der Waals surface area contributed by atoms with Gasteiger partial charge in [0.1, 0.15) is 17.3 Å². The van der Waals surface area contributed by atoms with Crippen molar-refractivity contribution in [2.75, 3.05) is 17.7 Å². The molecule has 0 saturated heterocycles. The Hall–Kier alpha value is -3.41. The van der Waals surface area contributed by atoms with Crippen LogP contribution in [-0.4, -0.2) is 23.0 Å². The molecule has 6 nitrogen and oxygen atoms in total. The summed E-state index contributed by atoms with van der Waals surface area (Å²) < 4.78 is 5.34. The van der Waals surface area contributed by atoms with Crippen molar-refractivity contribution < 1.29 is 9.53 Å². The van der Waals surface area contributed by atoms with E-state index in [2.05, 4.69) is 27.5 Å². The van der Waals surface area contributed by atoms with E-state index in [1.807, 2.05) is 49.4 Å². The molecule has 138 valence electrons. The van der Waals surface area contributed by atoms with Crippen LogP contribution in [0.4, 0.5) is 17.2 Å². The minimum Gasteiger partial charge on any atom is -0.495 e. The van der Waals surface area contributed by atoms with E-state index in [4.69, 9.17) is 4.74 Å². The van der Waals surface area contributed by atoms with Gasteiger partial charge < -0.3 is 15.4 Å². The van der Waals surface area contributed by atoms with E-state index in [9.17, 15) is 4.79 Å². The maximum Gasteiger partial charge on any atom is 0.275 e. The van der Waals surface area contributed by atoms with Gasteiger partial charge in [0.05, 0.1) is 25.2 Å². The number of hydrogen-bond acceptors (Lipinski definition) is 5. The van der Waals surface area contributed by atoms with Gasteiger partial charge in [0.15, 0.2) is 0 Å². The number of benzene rings is 2. The lowest BCUT2D eigenvalue weighted by atomic mass is 10.1. The van der Waals surface area contributed by atoms with E-state index in [-0.39, 0.29) is 11.6 Å². The van der Waals surface area contributed by atoms with E-state index in [1.165, 1.54) is 18.0 Å². The van der Waals surface area contributed by atoms with Crippen LogP contribution in [-0.2, 0) is 6.42 Å². The Kier molecular flexibility index (Phi) is 5.66. The number of methoxy groups -OCH3 is 1. The minimum absolute atomic E-state index is 0.247. The molecule has 2 aromatic carbocycles. The van der Waals surface area contributed by atoms with Crippen molar-refractivity contribution >= 4 is 23.1 Å². The summed E-state index contributed by atoms with van der Waals surface area (Å²) in [7, 11) is 1.61. The maximum atomic E-state index is 12.3. The summed E-state index contributed by atoms with van der Waals surface area (Å²) in [6, 6.07) is 13.6. The number of carbonyl (C=O) groups is 1. The lowest BCUT2D eigenvalue weighted by Crippen LogP contribution is -2.14. The number of aromatic nitrogens is 2. The van der Waals surface area contributed by atoms with Gasteiger partial charge in [-0.15, -0.1) is 0 Å². The van der Waals surface area contributed by atoms with Crippen molar-refractivity contribution in [1.29, 1.82) is 0 Å². The van der Waals surface area contributed by atoms with Crippen LogP contribution in [0.1, 0.15) is 28.5 Å². The number of anilines is 3. The van der Waals surface area contributed by atoms with E-state index < -0.39 is 0 Å². The third-order valence-electron chi connectivity index (χ3n) is 4.12. The van der Waals surface area contributed by atoms with E-state index in [0.717, 1.165) is 23.4 Å². The second-order valence-corrected chi connectivity index (χ2v) is 6.12. The van der Waals surface area contributed by atoms with Gasteiger partial charge in [-0.2, -0.15) is 0 Å². The highest BCUT2D eigenvalue weighted by Crippen LogP contribution is 2.27. The second-order valence-electron chi connectivity index (χ2n) is 6.12. The fourth-order valence-corrected chi connectivity index (χ4v) is 2.59. The third-order valence-corrected chi connectivity index (χ3v) is 4.12. The fraction of sp³-hybridized carbons (Fsp3) is 0.190. The van der Waals surface area contributed by atoms with Gasteiger partial charge in [0.25, 0.3) is 5.91 Å². The molecule has 0 atom stereocenters. The predicted molar refractivity (Wildman–Crippen MR) is 107 cm³/mol. The Morgan fingerprint density at radius 3 is 2.48 bits per heavy atom. The lowest BCUT2D eigenvalue weighted by molar-refractivity contribution is 0.102. The maximum absolute atomic E-state index is 12.3. The van der Waals surface area contributed by atoms with Gasteiger partial charge in [0, 0.05) is 5.69 Å². The summed E-state index contributed by atoms with van der Waals surface area (Å²) in [4.78, 5) is 20.8. The van der Waals surface area contributed by atoms with Gasteiger partial charge in [-0.1, -0.05) is 25.1 Å². The molecule has 3 rings (SSSR count). The monoisotopic (exact) mass is 362 g/mol. The first kappa shape index (κ1) is 18.4. The number of ether oxygens (including phenoxy) is 1. The van der Waals surface area contributed by atoms with E-state index >= 15 is 0 Å². The number of nitrogens with zero attached hydrogens (tertiary/aromatic N) is 2. The van der Waals surface area contributed by atoms with Crippen LogP contribution in [0.2, 0.25) is 0 Å². The zero-order valence-electron chi connectivity index (χ0n) is 15.6. The van der Waals surface area contributed by atoms with Crippen LogP contribution < -0.4 is 15.4 Å². The molecule has 27 heavy (non-hydrogen) atoms. The third kappa shape index (κ3) is 4.61. The summed E-state index contributed by atoms with van der Waals surface area (Å²) >= 11 is 0. The summed E-state index contributed by atoms with van der Waals surface area (Å²) in [6.07, 6.45) is 3.93. The van der Waals surface area contributed by atoms with Crippen molar-refractivity contribution in [3.05, 3.63) is 71.7 Å². The summed E-state index contributed by atoms with van der Waals surface area (Å²) in [5.41, 5.74) is 4.08. The van der Waals surface area contributed by atoms with Crippen LogP contribution >= 0.6 is 0 Å². The molecule has 1 aromatic heterocycles. The highest BCUT2D eigenvalue weighted by atomic mass is 16.5. The molecule has 0 aliphatic heterocycles. The number of hydrogen-bond donors (Lipinski definition) is 2. The molecule has 0 fully saturated rings.